The van der Waals surface area contributed by atoms with Crippen molar-refractivity contribution in [2.45, 2.75) is 0 Å². The van der Waals surface area contributed by atoms with E-state index < -0.39 is 11.6 Å². The summed E-state index contributed by atoms with van der Waals surface area (Å²) in [6.45, 7) is 0. The van der Waals surface area contributed by atoms with Crippen molar-refractivity contribution in [3.8, 4) is 5.75 Å². The van der Waals surface area contributed by atoms with E-state index in [0.717, 1.165) is 6.07 Å². The van der Waals surface area contributed by atoms with Gasteiger partial charge in [-0.3, -0.25) is 4.79 Å². The molecule has 0 saturated heterocycles. The van der Waals surface area contributed by atoms with Crippen molar-refractivity contribution in [3.05, 3.63) is 58.4 Å². The molecule has 0 bridgehead atoms. The molecule has 2 rings (SSSR count). The molecule has 0 unspecified atom stereocenters. The minimum absolute atomic E-state index is 0.0855. The minimum Gasteiger partial charge on any atom is -0.496 e. The Morgan fingerprint density at radius 3 is 2.68 bits per heavy atom. The third-order valence-electron chi connectivity index (χ3n) is 2.68. The Morgan fingerprint density at radius 2 is 2.05 bits per heavy atom. The largest absolute Gasteiger partial charge is 0.496 e. The average Bonchev–Trinajstić information content (AvgIpc) is 2.38. The third-order valence-corrected chi connectivity index (χ3v) is 2.99. The Labute approximate surface area is 114 Å². The lowest BCUT2D eigenvalue weighted by molar-refractivity contribution is 0.103. The molecule has 2 aromatic carbocycles. The number of ether oxygens (including phenoxy) is 1. The van der Waals surface area contributed by atoms with Gasteiger partial charge in [-0.1, -0.05) is 17.7 Å². The average molecular weight is 280 g/mol. The topological polar surface area (TPSA) is 52.3 Å². The van der Waals surface area contributed by atoms with Gasteiger partial charge in [-0.25, -0.2) is 4.39 Å². The zero-order valence-corrected chi connectivity index (χ0v) is 10.9. The highest BCUT2D eigenvalue weighted by Gasteiger charge is 2.20. The Balaban J connectivity index is 2.59. The molecule has 5 heteroatoms. The van der Waals surface area contributed by atoms with E-state index in [1.165, 1.54) is 19.2 Å². The first-order valence-electron chi connectivity index (χ1n) is 5.47. The van der Waals surface area contributed by atoms with Crippen LogP contribution in [0.3, 0.4) is 0 Å². The van der Waals surface area contributed by atoms with E-state index in [1.54, 1.807) is 18.2 Å². The maximum atomic E-state index is 13.3. The molecule has 0 spiro atoms. The number of rotatable bonds is 3. The summed E-state index contributed by atoms with van der Waals surface area (Å²) in [4.78, 5) is 12.4. The maximum Gasteiger partial charge on any atom is 0.200 e. The van der Waals surface area contributed by atoms with Crippen LogP contribution in [0.2, 0.25) is 5.02 Å². The van der Waals surface area contributed by atoms with Gasteiger partial charge in [-0.05, 0) is 30.3 Å². The van der Waals surface area contributed by atoms with Gasteiger partial charge in [0, 0.05) is 5.69 Å². The SMILES string of the molecule is COc1ccc(F)cc1C(=O)c1c(N)cccc1Cl. The standard InChI is InChI=1S/C14H11ClFNO2/c1-19-12-6-5-8(16)7-9(12)14(18)13-10(15)3-2-4-11(13)17/h2-7H,17H2,1H3. The summed E-state index contributed by atoms with van der Waals surface area (Å²) in [6.07, 6.45) is 0. The number of methoxy groups -OCH3 is 1. The molecule has 0 atom stereocenters. The fraction of sp³-hybridized carbons (Fsp3) is 0.0714. The van der Waals surface area contributed by atoms with E-state index in [1.807, 2.05) is 0 Å². The number of anilines is 1. The number of carbonyl (C=O) groups is 1. The molecule has 0 aliphatic rings. The smallest absolute Gasteiger partial charge is 0.200 e. The predicted octanol–water partition coefficient (Wildman–Crippen LogP) is 3.30. The van der Waals surface area contributed by atoms with Gasteiger partial charge in [0.2, 0.25) is 0 Å². The van der Waals surface area contributed by atoms with Crippen molar-refractivity contribution in [2.24, 2.45) is 0 Å². The lowest BCUT2D eigenvalue weighted by atomic mass is 10.0. The molecule has 0 radical (unpaired) electrons. The number of hydrogen-bond acceptors (Lipinski definition) is 3. The van der Waals surface area contributed by atoms with E-state index in [4.69, 9.17) is 22.1 Å². The molecule has 0 fully saturated rings. The van der Waals surface area contributed by atoms with Crippen molar-refractivity contribution in [1.29, 1.82) is 0 Å². The van der Waals surface area contributed by atoms with Crippen molar-refractivity contribution in [2.75, 3.05) is 12.8 Å². The van der Waals surface area contributed by atoms with Crippen LogP contribution < -0.4 is 10.5 Å². The quantitative estimate of drug-likeness (QED) is 0.693. The summed E-state index contributed by atoms with van der Waals surface area (Å²) in [5.74, 6) is -0.736. The molecule has 0 aliphatic heterocycles. The number of halogens is 2. The van der Waals surface area contributed by atoms with Crippen molar-refractivity contribution in [1.82, 2.24) is 0 Å². The van der Waals surface area contributed by atoms with Crippen molar-refractivity contribution in [3.63, 3.8) is 0 Å². The third kappa shape index (κ3) is 2.53. The Kier molecular flexibility index (Phi) is 3.71. The number of nitrogen functional groups attached to an aromatic ring is 1. The van der Waals surface area contributed by atoms with Gasteiger partial charge in [0.1, 0.15) is 11.6 Å². The molecule has 3 nitrogen and oxygen atoms in total. The fourth-order valence-electron chi connectivity index (χ4n) is 1.77. The Hall–Kier alpha value is -2.07. The predicted molar refractivity (Wildman–Crippen MR) is 72.2 cm³/mol. The van der Waals surface area contributed by atoms with Crippen LogP contribution in [-0.2, 0) is 0 Å². The van der Waals surface area contributed by atoms with Crippen LogP contribution in [0.25, 0.3) is 0 Å². The van der Waals surface area contributed by atoms with Gasteiger partial charge >= 0.3 is 0 Å². The molecule has 2 N–H and O–H groups in total. The van der Waals surface area contributed by atoms with Gasteiger partial charge in [-0.2, -0.15) is 0 Å². The molecule has 2 aromatic rings. The summed E-state index contributed by atoms with van der Waals surface area (Å²) in [5.41, 5.74) is 6.22. The summed E-state index contributed by atoms with van der Waals surface area (Å²) < 4.78 is 18.3. The summed E-state index contributed by atoms with van der Waals surface area (Å²) in [7, 11) is 1.40. The first-order valence-corrected chi connectivity index (χ1v) is 5.84. The highest BCUT2D eigenvalue weighted by Crippen LogP contribution is 2.29. The van der Waals surface area contributed by atoms with Crippen LogP contribution in [0.1, 0.15) is 15.9 Å². The van der Waals surface area contributed by atoms with Crippen molar-refractivity contribution >= 4 is 23.1 Å². The normalized spacial score (nSPS) is 10.3. The molecule has 19 heavy (non-hydrogen) atoms. The van der Waals surface area contributed by atoms with Gasteiger partial charge in [0.05, 0.1) is 23.3 Å². The number of ketones is 1. The summed E-state index contributed by atoms with van der Waals surface area (Å²) in [6, 6.07) is 8.45. The Bertz CT molecular complexity index is 623. The van der Waals surface area contributed by atoms with E-state index in [0.29, 0.717) is 0 Å². The van der Waals surface area contributed by atoms with Gasteiger partial charge in [0.15, 0.2) is 5.78 Å². The molecule has 0 heterocycles. The molecule has 0 saturated carbocycles. The number of benzene rings is 2. The van der Waals surface area contributed by atoms with Gasteiger partial charge < -0.3 is 10.5 Å². The minimum atomic E-state index is -0.533. The lowest BCUT2D eigenvalue weighted by Gasteiger charge is -2.10. The van der Waals surface area contributed by atoms with Crippen LogP contribution in [0.5, 0.6) is 5.75 Å². The molecule has 0 amide bonds. The second-order valence-corrected chi connectivity index (χ2v) is 4.28. The maximum absolute atomic E-state index is 13.3. The molecule has 0 aliphatic carbocycles. The molecular formula is C14H11ClFNO2. The second kappa shape index (κ2) is 5.28. The first-order chi connectivity index (χ1) is 9.04. The second-order valence-electron chi connectivity index (χ2n) is 3.88. The molecule has 98 valence electrons. The van der Waals surface area contributed by atoms with Crippen LogP contribution in [-0.4, -0.2) is 12.9 Å². The summed E-state index contributed by atoms with van der Waals surface area (Å²) in [5, 5.41) is 0.219. The van der Waals surface area contributed by atoms with Crippen LogP contribution in [0.15, 0.2) is 36.4 Å². The van der Waals surface area contributed by atoms with Crippen LogP contribution in [0, 0.1) is 5.82 Å². The monoisotopic (exact) mass is 279 g/mol. The first kappa shape index (κ1) is 13.4. The molecular weight excluding hydrogens is 269 g/mol. The summed E-state index contributed by atoms with van der Waals surface area (Å²) >= 11 is 5.97. The van der Waals surface area contributed by atoms with E-state index in [2.05, 4.69) is 0 Å². The van der Waals surface area contributed by atoms with Gasteiger partial charge in [0.25, 0.3) is 0 Å². The van der Waals surface area contributed by atoms with E-state index in [9.17, 15) is 9.18 Å². The Morgan fingerprint density at radius 1 is 1.32 bits per heavy atom. The van der Waals surface area contributed by atoms with E-state index >= 15 is 0 Å². The lowest BCUT2D eigenvalue weighted by Crippen LogP contribution is -2.08. The highest BCUT2D eigenvalue weighted by atomic mass is 35.5. The van der Waals surface area contributed by atoms with Crippen molar-refractivity contribution < 1.29 is 13.9 Å². The number of nitrogens with two attached hydrogens (primary N) is 1. The number of hydrogen-bond donors (Lipinski definition) is 1. The molecule has 0 aromatic heterocycles. The van der Waals surface area contributed by atoms with Gasteiger partial charge in [-0.15, -0.1) is 0 Å². The zero-order valence-electron chi connectivity index (χ0n) is 10.1. The zero-order chi connectivity index (χ0) is 14.0. The van der Waals surface area contributed by atoms with E-state index in [-0.39, 0.29) is 27.6 Å². The van der Waals surface area contributed by atoms with Crippen LogP contribution >= 0.6 is 11.6 Å². The van der Waals surface area contributed by atoms with Crippen LogP contribution in [0.4, 0.5) is 10.1 Å². The fourth-order valence-corrected chi connectivity index (χ4v) is 2.04. The number of carbonyl (C=O) groups excluding carboxylic acids is 1. The highest BCUT2D eigenvalue weighted by molar-refractivity contribution is 6.36.